The lowest BCUT2D eigenvalue weighted by atomic mass is 9.63. The molecule has 1 unspecified atom stereocenters. The van der Waals surface area contributed by atoms with Crippen molar-refractivity contribution in [2.75, 3.05) is 7.11 Å². The van der Waals surface area contributed by atoms with Gasteiger partial charge in [0.2, 0.25) is 0 Å². The zero-order chi connectivity index (χ0) is 12.8. The maximum Gasteiger partial charge on any atom is 0.155 e. The first-order valence-electron chi connectivity index (χ1n) is 6.55. The van der Waals surface area contributed by atoms with Crippen LogP contribution in [-0.4, -0.2) is 12.9 Å². The summed E-state index contributed by atoms with van der Waals surface area (Å²) >= 11 is 0. The summed E-state index contributed by atoms with van der Waals surface area (Å²) in [5.74, 6) is 1.25. The number of fused-ring (bicyclic) bond motifs is 3. The maximum absolute atomic E-state index is 11.6. The molecule has 0 heterocycles. The third kappa shape index (κ3) is 1.52. The quantitative estimate of drug-likeness (QED) is 0.756. The molecule has 3 rings (SSSR count). The number of aryl methyl sites for hydroxylation is 1. The largest absolute Gasteiger partial charge is 0.496 e. The van der Waals surface area contributed by atoms with Crippen LogP contribution in [0, 0.1) is 0 Å². The number of allylic oxidation sites excluding steroid dienone is 2. The molecule has 1 atom stereocenters. The predicted octanol–water partition coefficient (Wildman–Crippen LogP) is 3.19. The van der Waals surface area contributed by atoms with Crippen LogP contribution in [0.25, 0.3) is 0 Å². The van der Waals surface area contributed by atoms with Gasteiger partial charge in [-0.05, 0) is 37.0 Å². The fraction of sp³-hybridized carbons (Fsp3) is 0.438. The molecule has 2 heteroatoms. The molecule has 0 amide bonds. The zero-order valence-corrected chi connectivity index (χ0v) is 11.0. The van der Waals surface area contributed by atoms with Crippen molar-refractivity contribution in [1.29, 1.82) is 0 Å². The molecule has 2 nitrogen and oxygen atoms in total. The van der Waals surface area contributed by atoms with Gasteiger partial charge in [-0.25, -0.2) is 0 Å². The number of carbonyl (C=O) groups is 1. The molecule has 0 aromatic heterocycles. The van der Waals surface area contributed by atoms with E-state index in [0.29, 0.717) is 6.42 Å². The number of hydrogen-bond donors (Lipinski definition) is 0. The molecule has 0 bridgehead atoms. The van der Waals surface area contributed by atoms with Crippen molar-refractivity contribution >= 4 is 5.78 Å². The molecule has 94 valence electrons. The average Bonchev–Trinajstić information content (AvgIpc) is 2.39. The second kappa shape index (κ2) is 3.98. The zero-order valence-electron chi connectivity index (χ0n) is 11.0. The summed E-state index contributed by atoms with van der Waals surface area (Å²) in [6.07, 6.45) is 5.45. The molecule has 0 saturated carbocycles. The van der Waals surface area contributed by atoms with Crippen molar-refractivity contribution < 1.29 is 9.53 Å². The summed E-state index contributed by atoms with van der Waals surface area (Å²) in [6.45, 7) is 2.26. The number of methoxy groups -OCH3 is 1. The van der Waals surface area contributed by atoms with E-state index >= 15 is 0 Å². The highest BCUT2D eigenvalue weighted by atomic mass is 16.5. The Labute approximate surface area is 108 Å². The number of ether oxygens (including phenoxy) is 1. The van der Waals surface area contributed by atoms with E-state index in [1.54, 1.807) is 7.11 Å². The first-order chi connectivity index (χ1) is 8.65. The van der Waals surface area contributed by atoms with Crippen molar-refractivity contribution in [2.24, 2.45) is 0 Å². The first kappa shape index (κ1) is 11.5. The summed E-state index contributed by atoms with van der Waals surface area (Å²) in [4.78, 5) is 11.6. The fourth-order valence-corrected chi connectivity index (χ4v) is 3.44. The van der Waals surface area contributed by atoms with E-state index in [9.17, 15) is 4.79 Å². The second-order valence-electron chi connectivity index (χ2n) is 5.46. The molecule has 0 aliphatic heterocycles. The Morgan fingerprint density at radius 2 is 2.06 bits per heavy atom. The van der Waals surface area contributed by atoms with E-state index < -0.39 is 0 Å². The lowest BCUT2D eigenvalue weighted by Gasteiger charge is -2.41. The van der Waals surface area contributed by atoms with Crippen LogP contribution in [0.4, 0.5) is 0 Å². The number of hydrogen-bond acceptors (Lipinski definition) is 2. The molecule has 1 aromatic carbocycles. The lowest BCUT2D eigenvalue weighted by molar-refractivity contribution is -0.115. The number of rotatable bonds is 1. The van der Waals surface area contributed by atoms with E-state index in [0.717, 1.165) is 25.0 Å². The minimum Gasteiger partial charge on any atom is -0.496 e. The van der Waals surface area contributed by atoms with E-state index in [-0.39, 0.29) is 11.2 Å². The van der Waals surface area contributed by atoms with Crippen LogP contribution in [0.3, 0.4) is 0 Å². The number of carbonyl (C=O) groups excluding carboxylic acids is 1. The molecule has 0 fully saturated rings. The highest BCUT2D eigenvalue weighted by molar-refractivity contribution is 5.92. The lowest BCUT2D eigenvalue weighted by Crippen LogP contribution is -2.34. The standard InChI is InChI=1S/C16H18O2/c1-16-9-8-13(17)10-12(16)7-6-11-4-3-5-14(18-2)15(11)16/h3-5,10H,6-9H2,1-2H3. The van der Waals surface area contributed by atoms with Gasteiger partial charge in [-0.1, -0.05) is 24.6 Å². The minimum absolute atomic E-state index is 0.00586. The Morgan fingerprint density at radius 3 is 2.83 bits per heavy atom. The first-order valence-corrected chi connectivity index (χ1v) is 6.55. The van der Waals surface area contributed by atoms with Crippen LogP contribution < -0.4 is 4.74 Å². The summed E-state index contributed by atoms with van der Waals surface area (Å²) < 4.78 is 5.54. The van der Waals surface area contributed by atoms with Crippen LogP contribution in [0.5, 0.6) is 5.75 Å². The van der Waals surface area contributed by atoms with E-state index in [1.165, 1.54) is 16.7 Å². The van der Waals surface area contributed by atoms with Crippen molar-refractivity contribution in [3.63, 3.8) is 0 Å². The Hall–Kier alpha value is -1.57. The minimum atomic E-state index is -0.00586. The van der Waals surface area contributed by atoms with Gasteiger partial charge in [0.05, 0.1) is 7.11 Å². The van der Waals surface area contributed by atoms with Gasteiger partial charge in [0.15, 0.2) is 5.78 Å². The van der Waals surface area contributed by atoms with Gasteiger partial charge < -0.3 is 4.74 Å². The summed E-state index contributed by atoms with van der Waals surface area (Å²) in [6, 6.07) is 6.28. The Morgan fingerprint density at radius 1 is 1.22 bits per heavy atom. The van der Waals surface area contributed by atoms with Crippen LogP contribution in [0.2, 0.25) is 0 Å². The van der Waals surface area contributed by atoms with Gasteiger partial charge in [-0.2, -0.15) is 0 Å². The summed E-state index contributed by atoms with van der Waals surface area (Å²) in [7, 11) is 1.73. The van der Waals surface area contributed by atoms with Gasteiger partial charge in [0, 0.05) is 17.4 Å². The Kier molecular flexibility index (Phi) is 2.54. The molecule has 2 aliphatic rings. The third-order valence-electron chi connectivity index (χ3n) is 4.46. The molecule has 0 radical (unpaired) electrons. The normalized spacial score (nSPS) is 26.1. The van der Waals surface area contributed by atoms with E-state index in [1.807, 2.05) is 12.1 Å². The van der Waals surface area contributed by atoms with Crippen LogP contribution in [0.15, 0.2) is 29.8 Å². The molecule has 2 aliphatic carbocycles. The van der Waals surface area contributed by atoms with Crippen molar-refractivity contribution in [1.82, 2.24) is 0 Å². The molecule has 18 heavy (non-hydrogen) atoms. The smallest absolute Gasteiger partial charge is 0.155 e. The second-order valence-corrected chi connectivity index (χ2v) is 5.46. The van der Waals surface area contributed by atoms with Crippen LogP contribution in [-0.2, 0) is 16.6 Å². The van der Waals surface area contributed by atoms with Gasteiger partial charge in [0.25, 0.3) is 0 Å². The van der Waals surface area contributed by atoms with Gasteiger partial charge in [-0.3, -0.25) is 4.79 Å². The topological polar surface area (TPSA) is 26.3 Å². The highest BCUT2D eigenvalue weighted by Gasteiger charge is 2.40. The molecule has 0 spiro atoms. The Bertz CT molecular complexity index is 528. The predicted molar refractivity (Wildman–Crippen MR) is 71.0 cm³/mol. The van der Waals surface area contributed by atoms with Gasteiger partial charge in [0.1, 0.15) is 5.75 Å². The highest BCUT2D eigenvalue weighted by Crippen LogP contribution is 2.49. The molecular formula is C16H18O2. The van der Waals surface area contributed by atoms with Gasteiger partial charge >= 0.3 is 0 Å². The van der Waals surface area contributed by atoms with E-state index in [2.05, 4.69) is 19.1 Å². The van der Waals surface area contributed by atoms with E-state index in [4.69, 9.17) is 4.74 Å². The fourth-order valence-electron chi connectivity index (χ4n) is 3.44. The SMILES string of the molecule is COc1cccc2c1C1(C)CCC(=O)C=C1CC2. The van der Waals surface area contributed by atoms with Crippen LogP contribution >= 0.6 is 0 Å². The van der Waals surface area contributed by atoms with Crippen LogP contribution in [0.1, 0.15) is 37.3 Å². The van der Waals surface area contributed by atoms with Crippen molar-refractivity contribution in [3.05, 3.63) is 41.0 Å². The van der Waals surface area contributed by atoms with Crippen molar-refractivity contribution in [3.8, 4) is 5.75 Å². The van der Waals surface area contributed by atoms with Gasteiger partial charge in [-0.15, -0.1) is 0 Å². The average molecular weight is 242 g/mol. The van der Waals surface area contributed by atoms with Crippen molar-refractivity contribution in [2.45, 2.75) is 38.0 Å². The third-order valence-corrected chi connectivity index (χ3v) is 4.46. The molecular weight excluding hydrogens is 224 g/mol. The maximum atomic E-state index is 11.6. The number of benzene rings is 1. The molecule has 0 saturated heterocycles. The summed E-state index contributed by atoms with van der Waals surface area (Å²) in [5.41, 5.74) is 3.96. The summed E-state index contributed by atoms with van der Waals surface area (Å²) in [5, 5.41) is 0. The monoisotopic (exact) mass is 242 g/mol. The Balaban J connectivity index is 2.22. The molecule has 1 aromatic rings. The molecule has 0 N–H and O–H groups in total. The number of ketones is 1.